The number of amides is 1. The topological polar surface area (TPSA) is 73.8 Å². The molecule has 1 aromatic heterocycles. The average molecular weight is 255 g/mol. The van der Waals surface area contributed by atoms with Crippen molar-refractivity contribution in [3.8, 4) is 11.8 Å². The monoisotopic (exact) mass is 255 g/mol. The number of ether oxygens (including phenoxy) is 2. The van der Waals surface area contributed by atoms with Gasteiger partial charge in [-0.3, -0.25) is 9.63 Å². The smallest absolute Gasteiger partial charge is 0.246 e. The van der Waals surface area contributed by atoms with E-state index in [0.717, 1.165) is 5.06 Å². The summed E-state index contributed by atoms with van der Waals surface area (Å²) in [6, 6.07) is 1.58. The summed E-state index contributed by atoms with van der Waals surface area (Å²) in [6.45, 7) is 0. The fraction of sp³-hybridized carbons (Fsp3) is 0.545. The van der Waals surface area contributed by atoms with Crippen LogP contribution in [0.5, 0.6) is 11.8 Å². The van der Waals surface area contributed by atoms with E-state index in [2.05, 4.69) is 9.97 Å². The molecule has 1 aromatic rings. The third-order valence-electron chi connectivity index (χ3n) is 2.33. The van der Waals surface area contributed by atoms with E-state index in [0.29, 0.717) is 24.0 Å². The molecule has 0 atom stereocenters. The van der Waals surface area contributed by atoms with E-state index in [1.807, 2.05) is 0 Å². The normalized spacial score (nSPS) is 10.0. The van der Waals surface area contributed by atoms with Gasteiger partial charge >= 0.3 is 0 Å². The number of carbonyl (C=O) groups is 1. The molecule has 0 bridgehead atoms. The molecular weight excluding hydrogens is 238 g/mol. The largest absolute Gasteiger partial charge is 0.481 e. The second kappa shape index (κ2) is 6.75. The van der Waals surface area contributed by atoms with Crippen molar-refractivity contribution in [3.05, 3.63) is 11.9 Å². The van der Waals surface area contributed by atoms with Crippen LogP contribution in [0.3, 0.4) is 0 Å². The zero-order valence-electron chi connectivity index (χ0n) is 11.0. The summed E-state index contributed by atoms with van der Waals surface area (Å²) in [4.78, 5) is 24.6. The van der Waals surface area contributed by atoms with Crippen LogP contribution in [0.15, 0.2) is 6.07 Å². The van der Waals surface area contributed by atoms with Crippen molar-refractivity contribution in [2.75, 3.05) is 28.4 Å². The molecule has 18 heavy (non-hydrogen) atoms. The van der Waals surface area contributed by atoms with Crippen LogP contribution in [0.2, 0.25) is 0 Å². The Morgan fingerprint density at radius 3 is 2.22 bits per heavy atom. The molecule has 1 rings (SSSR count). The molecule has 0 fully saturated rings. The number of nitrogens with zero attached hydrogens (tertiary/aromatic N) is 3. The van der Waals surface area contributed by atoms with Gasteiger partial charge in [-0.25, -0.2) is 5.06 Å². The third-order valence-corrected chi connectivity index (χ3v) is 2.33. The molecule has 100 valence electrons. The predicted molar refractivity (Wildman–Crippen MR) is 63.2 cm³/mol. The lowest BCUT2D eigenvalue weighted by atomic mass is 10.3. The Balaban J connectivity index is 2.69. The van der Waals surface area contributed by atoms with Crippen LogP contribution in [0, 0.1) is 0 Å². The standard InChI is InChI=1S/C11H17N3O4/c1-14(18-4)11(15)6-5-8-12-9(16-2)7-10(13-8)17-3/h7H,5-6H2,1-4H3. The lowest BCUT2D eigenvalue weighted by Gasteiger charge is -2.13. The van der Waals surface area contributed by atoms with Crippen LogP contribution in [0.4, 0.5) is 0 Å². The summed E-state index contributed by atoms with van der Waals surface area (Å²) in [5.74, 6) is 1.15. The molecular formula is C11H17N3O4. The molecule has 0 spiro atoms. The molecule has 7 heteroatoms. The number of hydrogen-bond donors (Lipinski definition) is 0. The van der Waals surface area contributed by atoms with Gasteiger partial charge in [-0.15, -0.1) is 0 Å². The number of hydrogen-bond acceptors (Lipinski definition) is 6. The van der Waals surface area contributed by atoms with Gasteiger partial charge in [0.05, 0.1) is 27.4 Å². The van der Waals surface area contributed by atoms with Crippen LogP contribution in [-0.2, 0) is 16.1 Å². The fourth-order valence-corrected chi connectivity index (χ4v) is 1.25. The first-order valence-electron chi connectivity index (χ1n) is 5.37. The molecule has 0 aliphatic carbocycles. The Labute approximate surface area is 106 Å². The van der Waals surface area contributed by atoms with Gasteiger partial charge in [0.25, 0.3) is 0 Å². The Kier molecular flexibility index (Phi) is 5.31. The average Bonchev–Trinajstić information content (AvgIpc) is 2.43. The molecule has 0 saturated carbocycles. The van der Waals surface area contributed by atoms with Gasteiger partial charge in [-0.1, -0.05) is 0 Å². The highest BCUT2D eigenvalue weighted by Gasteiger charge is 2.11. The van der Waals surface area contributed by atoms with E-state index >= 15 is 0 Å². The summed E-state index contributed by atoms with van der Waals surface area (Å²) < 4.78 is 10.0. The Morgan fingerprint density at radius 1 is 1.22 bits per heavy atom. The number of aryl methyl sites for hydroxylation is 1. The lowest BCUT2D eigenvalue weighted by Crippen LogP contribution is -2.25. The van der Waals surface area contributed by atoms with Crippen molar-refractivity contribution in [2.24, 2.45) is 0 Å². The van der Waals surface area contributed by atoms with Gasteiger partial charge in [-0.2, -0.15) is 9.97 Å². The van der Waals surface area contributed by atoms with Crippen LogP contribution >= 0.6 is 0 Å². The first-order valence-corrected chi connectivity index (χ1v) is 5.37. The molecule has 0 radical (unpaired) electrons. The number of carbonyl (C=O) groups excluding carboxylic acids is 1. The molecule has 0 unspecified atom stereocenters. The maximum Gasteiger partial charge on any atom is 0.246 e. The van der Waals surface area contributed by atoms with E-state index in [1.54, 1.807) is 13.1 Å². The molecule has 0 aliphatic heterocycles. The van der Waals surface area contributed by atoms with Gasteiger partial charge in [-0.05, 0) is 0 Å². The van der Waals surface area contributed by atoms with Crippen molar-refractivity contribution in [2.45, 2.75) is 12.8 Å². The maximum atomic E-state index is 11.5. The minimum absolute atomic E-state index is 0.150. The summed E-state index contributed by atoms with van der Waals surface area (Å²) in [5, 5.41) is 1.16. The van der Waals surface area contributed by atoms with Gasteiger partial charge in [0.2, 0.25) is 17.7 Å². The minimum Gasteiger partial charge on any atom is -0.481 e. The van der Waals surface area contributed by atoms with E-state index in [4.69, 9.17) is 14.3 Å². The van der Waals surface area contributed by atoms with Crippen molar-refractivity contribution in [3.63, 3.8) is 0 Å². The number of hydroxylamine groups is 2. The van der Waals surface area contributed by atoms with E-state index in [1.165, 1.54) is 21.3 Å². The van der Waals surface area contributed by atoms with Crippen molar-refractivity contribution >= 4 is 5.91 Å². The van der Waals surface area contributed by atoms with Crippen molar-refractivity contribution < 1.29 is 19.1 Å². The van der Waals surface area contributed by atoms with Gasteiger partial charge in [0.1, 0.15) is 5.82 Å². The highest BCUT2D eigenvalue weighted by molar-refractivity contribution is 5.74. The lowest BCUT2D eigenvalue weighted by molar-refractivity contribution is -0.168. The number of methoxy groups -OCH3 is 2. The Hall–Kier alpha value is -1.89. The second-order valence-corrected chi connectivity index (χ2v) is 3.44. The molecule has 0 N–H and O–H groups in total. The van der Waals surface area contributed by atoms with Gasteiger partial charge in [0, 0.05) is 19.9 Å². The van der Waals surface area contributed by atoms with Gasteiger partial charge < -0.3 is 9.47 Å². The van der Waals surface area contributed by atoms with Crippen LogP contribution < -0.4 is 9.47 Å². The van der Waals surface area contributed by atoms with Crippen molar-refractivity contribution in [1.82, 2.24) is 15.0 Å². The Bertz CT molecular complexity index is 389. The Morgan fingerprint density at radius 2 is 1.78 bits per heavy atom. The molecule has 0 saturated heterocycles. The SMILES string of the molecule is COc1cc(OC)nc(CCC(=O)N(C)OC)n1. The zero-order chi connectivity index (χ0) is 13.5. The highest BCUT2D eigenvalue weighted by Crippen LogP contribution is 2.15. The minimum atomic E-state index is -0.150. The van der Waals surface area contributed by atoms with Crippen LogP contribution in [0.25, 0.3) is 0 Å². The summed E-state index contributed by atoms with van der Waals surface area (Å²) >= 11 is 0. The predicted octanol–water partition coefficient (Wildman–Crippen LogP) is 0.446. The van der Waals surface area contributed by atoms with Crippen molar-refractivity contribution in [1.29, 1.82) is 0 Å². The van der Waals surface area contributed by atoms with Crippen LogP contribution in [0.1, 0.15) is 12.2 Å². The summed E-state index contributed by atoms with van der Waals surface area (Å²) in [7, 11) is 6.00. The third kappa shape index (κ3) is 3.85. The maximum absolute atomic E-state index is 11.5. The number of rotatable bonds is 6. The zero-order valence-corrected chi connectivity index (χ0v) is 11.0. The molecule has 1 amide bonds. The molecule has 0 aliphatic rings. The molecule has 0 aromatic carbocycles. The van der Waals surface area contributed by atoms with E-state index in [9.17, 15) is 4.79 Å². The fourth-order valence-electron chi connectivity index (χ4n) is 1.25. The highest BCUT2D eigenvalue weighted by atomic mass is 16.7. The van der Waals surface area contributed by atoms with Gasteiger partial charge in [0.15, 0.2) is 0 Å². The van der Waals surface area contributed by atoms with Crippen LogP contribution in [-0.4, -0.2) is 49.3 Å². The summed E-state index contributed by atoms with van der Waals surface area (Å²) in [5.41, 5.74) is 0. The number of aromatic nitrogens is 2. The summed E-state index contributed by atoms with van der Waals surface area (Å²) in [6.07, 6.45) is 0.640. The van der Waals surface area contributed by atoms with E-state index < -0.39 is 0 Å². The first-order chi connectivity index (χ1) is 8.60. The second-order valence-electron chi connectivity index (χ2n) is 3.44. The van der Waals surface area contributed by atoms with E-state index in [-0.39, 0.29) is 12.3 Å². The molecule has 7 nitrogen and oxygen atoms in total. The molecule has 1 heterocycles. The quantitative estimate of drug-likeness (QED) is 0.687. The first kappa shape index (κ1) is 14.2.